The van der Waals surface area contributed by atoms with Gasteiger partial charge >= 0.3 is 0 Å². The van der Waals surface area contributed by atoms with E-state index in [-0.39, 0.29) is 0 Å². The molecule has 14 heavy (non-hydrogen) atoms. The fraction of sp³-hybridized carbons (Fsp3) is 0.455. The van der Waals surface area contributed by atoms with Crippen LogP contribution in [-0.4, -0.2) is 12.6 Å². The second-order valence-electron chi connectivity index (χ2n) is 3.65. The molecule has 1 aromatic rings. The summed E-state index contributed by atoms with van der Waals surface area (Å²) >= 11 is 2.35. The van der Waals surface area contributed by atoms with Crippen molar-refractivity contribution in [3.8, 4) is 0 Å². The number of nitrogens with one attached hydrogen (secondary N) is 2. The maximum absolute atomic E-state index is 3.57. The Bertz CT molecular complexity index is 325. The molecule has 1 aromatic carbocycles. The quantitative estimate of drug-likeness (QED) is 0.778. The second-order valence-corrected chi connectivity index (χ2v) is 4.90. The molecule has 0 radical (unpaired) electrons. The van der Waals surface area contributed by atoms with Crippen LogP contribution >= 0.6 is 22.6 Å². The molecule has 1 aliphatic rings. The minimum atomic E-state index is 0.615. The molecule has 1 atom stereocenters. The number of hydrogen-bond donors (Lipinski definition) is 2. The van der Waals surface area contributed by atoms with Crippen molar-refractivity contribution in [3.63, 3.8) is 0 Å². The van der Waals surface area contributed by atoms with Gasteiger partial charge in [-0.25, -0.2) is 0 Å². The molecule has 1 aliphatic heterocycles. The molecule has 2 rings (SSSR count). The van der Waals surface area contributed by atoms with E-state index in [0.717, 1.165) is 6.54 Å². The van der Waals surface area contributed by atoms with Gasteiger partial charge in [0, 0.05) is 16.2 Å². The van der Waals surface area contributed by atoms with E-state index in [0.29, 0.717) is 6.04 Å². The Morgan fingerprint density at radius 3 is 3.07 bits per heavy atom. The highest BCUT2D eigenvalue weighted by atomic mass is 127. The van der Waals surface area contributed by atoms with Crippen LogP contribution in [0.15, 0.2) is 18.2 Å². The Hall–Kier alpha value is -0.450. The van der Waals surface area contributed by atoms with E-state index in [1.165, 1.54) is 27.8 Å². The number of halogens is 1. The van der Waals surface area contributed by atoms with Crippen molar-refractivity contribution < 1.29 is 0 Å². The van der Waals surface area contributed by atoms with Gasteiger partial charge in [-0.1, -0.05) is 6.92 Å². The topological polar surface area (TPSA) is 24.1 Å². The monoisotopic (exact) mass is 302 g/mol. The van der Waals surface area contributed by atoms with Crippen LogP contribution in [0.25, 0.3) is 0 Å². The van der Waals surface area contributed by atoms with Gasteiger partial charge in [0.25, 0.3) is 0 Å². The van der Waals surface area contributed by atoms with E-state index in [9.17, 15) is 0 Å². The molecule has 0 spiro atoms. The van der Waals surface area contributed by atoms with Gasteiger partial charge in [-0.15, -0.1) is 0 Å². The summed E-state index contributed by atoms with van der Waals surface area (Å²) in [5.74, 6) is 0. The summed E-state index contributed by atoms with van der Waals surface area (Å²) in [6.45, 7) is 3.30. The predicted molar refractivity (Wildman–Crippen MR) is 70.0 cm³/mol. The zero-order valence-corrected chi connectivity index (χ0v) is 10.5. The lowest BCUT2D eigenvalue weighted by Gasteiger charge is -2.14. The standard InChI is InChI=1S/C11H15IN2/c1-2-9-5-6-13-11-7-8(12)3-4-10(11)14-9/h3-4,7,9,13-14H,2,5-6H2,1H3. The van der Waals surface area contributed by atoms with Gasteiger partial charge < -0.3 is 10.6 Å². The average molecular weight is 302 g/mol. The van der Waals surface area contributed by atoms with Crippen molar-refractivity contribution >= 4 is 34.0 Å². The Morgan fingerprint density at radius 1 is 1.43 bits per heavy atom. The average Bonchev–Trinajstić information content (AvgIpc) is 2.38. The molecule has 0 aromatic heterocycles. The van der Waals surface area contributed by atoms with Gasteiger partial charge in [-0.2, -0.15) is 0 Å². The molecule has 0 saturated heterocycles. The van der Waals surface area contributed by atoms with Crippen molar-refractivity contribution in [2.45, 2.75) is 25.8 Å². The Labute approximate surface area is 98.6 Å². The molecule has 2 nitrogen and oxygen atoms in total. The molecule has 1 unspecified atom stereocenters. The van der Waals surface area contributed by atoms with Gasteiger partial charge in [0.15, 0.2) is 0 Å². The Kier molecular flexibility index (Phi) is 3.15. The molecular formula is C11H15IN2. The second kappa shape index (κ2) is 4.38. The van der Waals surface area contributed by atoms with Crippen molar-refractivity contribution in [2.24, 2.45) is 0 Å². The predicted octanol–water partition coefficient (Wildman–Crippen LogP) is 3.30. The summed E-state index contributed by atoms with van der Waals surface area (Å²) in [5.41, 5.74) is 2.49. The van der Waals surface area contributed by atoms with E-state index in [4.69, 9.17) is 0 Å². The minimum Gasteiger partial charge on any atom is -0.383 e. The van der Waals surface area contributed by atoms with E-state index in [1.807, 2.05) is 0 Å². The molecule has 0 bridgehead atoms. The highest BCUT2D eigenvalue weighted by Gasteiger charge is 2.13. The number of hydrogen-bond acceptors (Lipinski definition) is 2. The van der Waals surface area contributed by atoms with Gasteiger partial charge in [0.05, 0.1) is 11.4 Å². The number of benzene rings is 1. The fourth-order valence-electron chi connectivity index (χ4n) is 1.77. The summed E-state index contributed by atoms with van der Waals surface area (Å²) < 4.78 is 1.28. The molecule has 2 N–H and O–H groups in total. The third-order valence-corrected chi connectivity index (χ3v) is 3.31. The third-order valence-electron chi connectivity index (χ3n) is 2.64. The van der Waals surface area contributed by atoms with E-state index >= 15 is 0 Å². The first kappa shape index (κ1) is 10.1. The van der Waals surface area contributed by atoms with E-state index in [2.05, 4.69) is 58.3 Å². The first-order valence-electron chi connectivity index (χ1n) is 5.09. The van der Waals surface area contributed by atoms with E-state index in [1.54, 1.807) is 0 Å². The molecule has 0 amide bonds. The summed E-state index contributed by atoms with van der Waals surface area (Å²) in [5, 5.41) is 7.03. The number of rotatable bonds is 1. The van der Waals surface area contributed by atoms with Crippen LogP contribution in [0.5, 0.6) is 0 Å². The smallest absolute Gasteiger partial charge is 0.0586 e. The van der Waals surface area contributed by atoms with Gasteiger partial charge in [0.2, 0.25) is 0 Å². The number of fused-ring (bicyclic) bond motifs is 1. The highest BCUT2D eigenvalue weighted by molar-refractivity contribution is 14.1. The molecule has 0 fully saturated rings. The Balaban J connectivity index is 2.27. The van der Waals surface area contributed by atoms with Crippen LogP contribution in [0.4, 0.5) is 11.4 Å². The molecule has 0 saturated carbocycles. The van der Waals surface area contributed by atoms with Crippen LogP contribution in [0, 0.1) is 3.57 Å². The summed E-state index contributed by atoms with van der Waals surface area (Å²) in [4.78, 5) is 0. The maximum atomic E-state index is 3.57. The van der Waals surface area contributed by atoms with Crippen molar-refractivity contribution in [3.05, 3.63) is 21.8 Å². The summed E-state index contributed by atoms with van der Waals surface area (Å²) in [6, 6.07) is 7.12. The first-order valence-corrected chi connectivity index (χ1v) is 6.17. The van der Waals surface area contributed by atoms with Gasteiger partial charge in [-0.3, -0.25) is 0 Å². The van der Waals surface area contributed by atoms with Crippen molar-refractivity contribution in [2.75, 3.05) is 17.2 Å². The zero-order chi connectivity index (χ0) is 9.97. The highest BCUT2D eigenvalue weighted by Crippen LogP contribution is 2.27. The molecule has 3 heteroatoms. The number of anilines is 2. The van der Waals surface area contributed by atoms with Gasteiger partial charge in [-0.05, 0) is 53.6 Å². The molecule has 76 valence electrons. The lowest BCUT2D eigenvalue weighted by Crippen LogP contribution is -2.18. The normalized spacial score (nSPS) is 20.3. The van der Waals surface area contributed by atoms with Crippen LogP contribution in [-0.2, 0) is 0 Å². The van der Waals surface area contributed by atoms with Crippen molar-refractivity contribution in [1.82, 2.24) is 0 Å². The third kappa shape index (κ3) is 2.13. The maximum Gasteiger partial charge on any atom is 0.0586 e. The molecule has 0 aliphatic carbocycles. The largest absolute Gasteiger partial charge is 0.383 e. The van der Waals surface area contributed by atoms with Crippen LogP contribution < -0.4 is 10.6 Å². The van der Waals surface area contributed by atoms with E-state index < -0.39 is 0 Å². The Morgan fingerprint density at radius 2 is 2.29 bits per heavy atom. The summed E-state index contributed by atoms with van der Waals surface area (Å²) in [7, 11) is 0. The lowest BCUT2D eigenvalue weighted by atomic mass is 10.1. The van der Waals surface area contributed by atoms with Crippen LogP contribution in [0.1, 0.15) is 19.8 Å². The van der Waals surface area contributed by atoms with Gasteiger partial charge in [0.1, 0.15) is 0 Å². The van der Waals surface area contributed by atoms with Crippen LogP contribution in [0.2, 0.25) is 0 Å². The van der Waals surface area contributed by atoms with Crippen LogP contribution in [0.3, 0.4) is 0 Å². The first-order chi connectivity index (χ1) is 6.79. The summed E-state index contributed by atoms with van der Waals surface area (Å²) in [6.07, 6.45) is 2.38. The lowest BCUT2D eigenvalue weighted by molar-refractivity contribution is 0.661. The molecular weight excluding hydrogens is 287 g/mol. The zero-order valence-electron chi connectivity index (χ0n) is 8.31. The van der Waals surface area contributed by atoms with Crippen molar-refractivity contribution in [1.29, 1.82) is 0 Å². The molecule has 1 heterocycles. The fourth-order valence-corrected chi connectivity index (χ4v) is 2.26. The minimum absolute atomic E-state index is 0.615. The SMILES string of the molecule is CCC1CCNc2cc(I)ccc2N1.